The van der Waals surface area contributed by atoms with Crippen molar-refractivity contribution in [3.8, 4) is 0 Å². The maximum Gasteiger partial charge on any atom is 0.123 e. The molecular weight excluding hydrogens is 277 g/mol. The Morgan fingerprint density at radius 2 is 1.91 bits per heavy atom. The van der Waals surface area contributed by atoms with Crippen LogP contribution in [0.25, 0.3) is 0 Å². The lowest BCUT2D eigenvalue weighted by Gasteiger charge is -2.41. The molecule has 2 aliphatic heterocycles. The highest BCUT2D eigenvalue weighted by molar-refractivity contribution is 5.24. The Hall–Kier alpha value is -0.970. The van der Waals surface area contributed by atoms with Gasteiger partial charge in [-0.2, -0.15) is 0 Å². The van der Waals surface area contributed by atoms with Crippen LogP contribution < -0.4 is 5.73 Å². The number of benzene rings is 1. The summed E-state index contributed by atoms with van der Waals surface area (Å²) in [6.45, 7) is 10.1. The van der Waals surface area contributed by atoms with Crippen LogP contribution in [-0.2, 0) is 0 Å². The average molecular weight is 305 g/mol. The molecule has 4 atom stereocenters. The smallest absolute Gasteiger partial charge is 0.123 e. The summed E-state index contributed by atoms with van der Waals surface area (Å²) >= 11 is 0. The summed E-state index contributed by atoms with van der Waals surface area (Å²) in [6.07, 6.45) is 1.23. The second-order valence-corrected chi connectivity index (χ2v) is 7.00. The zero-order valence-corrected chi connectivity index (χ0v) is 13.7. The molecule has 122 valence electrons. The van der Waals surface area contributed by atoms with Gasteiger partial charge in [0.15, 0.2) is 0 Å². The van der Waals surface area contributed by atoms with Crippen molar-refractivity contribution in [2.75, 3.05) is 32.7 Å². The number of piperidine rings is 1. The quantitative estimate of drug-likeness (QED) is 0.930. The summed E-state index contributed by atoms with van der Waals surface area (Å²) in [7, 11) is 0. The van der Waals surface area contributed by atoms with E-state index in [-0.39, 0.29) is 11.9 Å². The van der Waals surface area contributed by atoms with Crippen molar-refractivity contribution in [2.24, 2.45) is 11.7 Å². The summed E-state index contributed by atoms with van der Waals surface area (Å²) in [5, 5.41) is 0. The number of nitrogens with two attached hydrogens (primary N) is 1. The third-order valence-corrected chi connectivity index (χ3v) is 5.55. The Balaban J connectivity index is 1.66. The summed E-state index contributed by atoms with van der Waals surface area (Å²) in [5.41, 5.74) is 7.58. The molecule has 3 nitrogen and oxygen atoms in total. The molecule has 0 radical (unpaired) electrons. The van der Waals surface area contributed by atoms with Crippen LogP contribution in [0.4, 0.5) is 4.39 Å². The van der Waals surface area contributed by atoms with Crippen LogP contribution in [0, 0.1) is 11.7 Å². The third-order valence-electron chi connectivity index (χ3n) is 5.55. The Morgan fingerprint density at radius 3 is 2.55 bits per heavy atom. The minimum Gasteiger partial charge on any atom is -0.326 e. The first-order valence-electron chi connectivity index (χ1n) is 8.56. The van der Waals surface area contributed by atoms with Gasteiger partial charge in [0, 0.05) is 37.6 Å². The van der Waals surface area contributed by atoms with Gasteiger partial charge in [0.25, 0.3) is 0 Å². The van der Waals surface area contributed by atoms with Crippen molar-refractivity contribution < 1.29 is 4.39 Å². The van der Waals surface area contributed by atoms with Gasteiger partial charge < -0.3 is 10.6 Å². The van der Waals surface area contributed by atoms with Gasteiger partial charge in [-0.25, -0.2) is 4.39 Å². The van der Waals surface area contributed by atoms with E-state index < -0.39 is 0 Å². The Morgan fingerprint density at radius 1 is 1.18 bits per heavy atom. The normalized spacial score (nSPS) is 34.2. The van der Waals surface area contributed by atoms with Crippen molar-refractivity contribution in [2.45, 2.75) is 38.3 Å². The van der Waals surface area contributed by atoms with Crippen LogP contribution in [0.5, 0.6) is 0 Å². The largest absolute Gasteiger partial charge is 0.326 e. The zero-order valence-electron chi connectivity index (χ0n) is 13.7. The van der Waals surface area contributed by atoms with Crippen LogP contribution in [0.3, 0.4) is 0 Å². The van der Waals surface area contributed by atoms with Crippen molar-refractivity contribution >= 4 is 0 Å². The molecule has 2 heterocycles. The first kappa shape index (κ1) is 15.9. The van der Waals surface area contributed by atoms with Gasteiger partial charge in [-0.15, -0.1) is 0 Å². The molecule has 0 amide bonds. The summed E-state index contributed by atoms with van der Waals surface area (Å²) in [6, 6.07) is 7.68. The predicted molar refractivity (Wildman–Crippen MR) is 88.4 cm³/mol. The van der Waals surface area contributed by atoms with Gasteiger partial charge in [-0.05, 0) is 43.1 Å². The van der Waals surface area contributed by atoms with Gasteiger partial charge in [-0.3, -0.25) is 4.90 Å². The zero-order chi connectivity index (χ0) is 15.7. The van der Waals surface area contributed by atoms with Crippen LogP contribution in [0.1, 0.15) is 31.7 Å². The molecule has 0 bridgehead atoms. The highest BCUT2D eigenvalue weighted by Gasteiger charge is 2.38. The molecule has 2 N–H and O–H groups in total. The summed E-state index contributed by atoms with van der Waals surface area (Å²) in [4.78, 5) is 5.12. The monoisotopic (exact) mass is 305 g/mol. The van der Waals surface area contributed by atoms with Crippen LogP contribution in [-0.4, -0.2) is 54.6 Å². The molecule has 3 rings (SSSR count). The van der Waals surface area contributed by atoms with E-state index in [1.54, 1.807) is 12.1 Å². The molecule has 0 aliphatic carbocycles. The molecule has 2 fully saturated rings. The number of rotatable bonds is 3. The van der Waals surface area contributed by atoms with E-state index in [1.165, 1.54) is 25.1 Å². The molecule has 2 saturated heterocycles. The van der Waals surface area contributed by atoms with Crippen molar-refractivity contribution in [3.63, 3.8) is 0 Å². The Bertz CT molecular complexity index is 490. The second kappa shape index (κ2) is 6.65. The van der Waals surface area contributed by atoms with Crippen molar-refractivity contribution in [1.29, 1.82) is 0 Å². The predicted octanol–water partition coefficient (Wildman–Crippen LogP) is 2.28. The molecule has 4 heteroatoms. The first-order valence-corrected chi connectivity index (χ1v) is 8.56. The number of likely N-dealkylation sites (tertiary alicyclic amines) is 2. The van der Waals surface area contributed by atoms with Crippen LogP contribution >= 0.6 is 0 Å². The van der Waals surface area contributed by atoms with Crippen LogP contribution in [0.2, 0.25) is 0 Å². The minimum atomic E-state index is -0.173. The van der Waals surface area contributed by atoms with Gasteiger partial charge in [0.2, 0.25) is 0 Å². The van der Waals surface area contributed by atoms with Gasteiger partial charge in [0.1, 0.15) is 5.82 Å². The van der Waals surface area contributed by atoms with Gasteiger partial charge in [-0.1, -0.05) is 26.0 Å². The molecule has 1 aromatic carbocycles. The van der Waals surface area contributed by atoms with E-state index in [4.69, 9.17) is 5.73 Å². The van der Waals surface area contributed by atoms with E-state index in [0.29, 0.717) is 17.9 Å². The van der Waals surface area contributed by atoms with Crippen molar-refractivity contribution in [1.82, 2.24) is 9.80 Å². The maximum absolute atomic E-state index is 13.1. The second-order valence-electron chi connectivity index (χ2n) is 7.00. The Kier molecular flexibility index (Phi) is 4.81. The molecule has 1 aromatic rings. The van der Waals surface area contributed by atoms with E-state index in [2.05, 4.69) is 23.6 Å². The fraction of sp³-hybridized carbons (Fsp3) is 0.667. The lowest BCUT2D eigenvalue weighted by atomic mass is 9.92. The van der Waals surface area contributed by atoms with E-state index >= 15 is 0 Å². The van der Waals surface area contributed by atoms with E-state index in [0.717, 1.165) is 19.6 Å². The Labute approximate surface area is 133 Å². The molecule has 0 spiro atoms. The molecule has 2 aliphatic rings. The van der Waals surface area contributed by atoms with E-state index in [1.807, 2.05) is 12.1 Å². The molecule has 0 unspecified atom stereocenters. The molecule has 22 heavy (non-hydrogen) atoms. The lowest BCUT2D eigenvalue weighted by molar-refractivity contribution is 0.0804. The lowest BCUT2D eigenvalue weighted by Crippen LogP contribution is -2.49. The summed E-state index contributed by atoms with van der Waals surface area (Å²) < 4.78 is 13.1. The summed E-state index contributed by atoms with van der Waals surface area (Å²) in [5.74, 6) is 0.845. The average Bonchev–Trinajstić information content (AvgIpc) is 2.89. The molecular formula is C18H28FN3. The molecule has 0 saturated carbocycles. The number of hydrogen-bond acceptors (Lipinski definition) is 3. The third kappa shape index (κ3) is 3.19. The standard InChI is InChI=1S/C18H28FN3/c1-3-21-9-8-18(13(2)10-21)22-11-16(17(20)12-22)14-4-6-15(19)7-5-14/h4-7,13,16-18H,3,8-12,20H2,1-2H3/t13-,16+,17-,18-/m0/s1. The highest BCUT2D eigenvalue weighted by atomic mass is 19.1. The fourth-order valence-electron chi connectivity index (χ4n) is 4.24. The topological polar surface area (TPSA) is 32.5 Å². The van der Waals surface area contributed by atoms with Crippen LogP contribution in [0.15, 0.2) is 24.3 Å². The number of hydrogen-bond donors (Lipinski definition) is 1. The molecule has 0 aromatic heterocycles. The maximum atomic E-state index is 13.1. The highest BCUT2D eigenvalue weighted by Crippen LogP contribution is 2.32. The number of nitrogens with zero attached hydrogens (tertiary/aromatic N) is 2. The fourth-order valence-corrected chi connectivity index (χ4v) is 4.24. The van der Waals surface area contributed by atoms with Gasteiger partial charge >= 0.3 is 0 Å². The minimum absolute atomic E-state index is 0.155. The van der Waals surface area contributed by atoms with Gasteiger partial charge in [0.05, 0.1) is 0 Å². The number of halogens is 1. The van der Waals surface area contributed by atoms with E-state index in [9.17, 15) is 4.39 Å². The first-order chi connectivity index (χ1) is 10.6. The SMILES string of the molecule is CCN1CC[C@H](N2C[C@H](c3ccc(F)cc3)[C@@H](N)C2)[C@@H](C)C1. The van der Waals surface area contributed by atoms with Crippen molar-refractivity contribution in [3.05, 3.63) is 35.6 Å².